The molecule has 0 saturated heterocycles. The second-order valence-electron chi connectivity index (χ2n) is 5.03. The number of hydrogen-bond acceptors (Lipinski definition) is 3. The molecule has 2 N–H and O–H groups in total. The lowest BCUT2D eigenvalue weighted by molar-refractivity contribution is -0.128. The fraction of sp³-hybridized carbons (Fsp3) is 0.333. The lowest BCUT2D eigenvalue weighted by Crippen LogP contribution is -2.37. The average molecular weight is 326 g/mol. The van der Waals surface area contributed by atoms with Gasteiger partial charge in [0.05, 0.1) is 25.8 Å². The first-order chi connectivity index (χ1) is 10.9. The number of amides is 1. The summed E-state index contributed by atoms with van der Waals surface area (Å²) in [5.74, 6) is -0.495. The van der Waals surface area contributed by atoms with Gasteiger partial charge < -0.3 is 10.6 Å². The number of aromatic nitrogens is 2. The van der Waals surface area contributed by atoms with E-state index in [2.05, 4.69) is 10.4 Å². The molecule has 0 fully saturated rings. The molecule has 1 heterocycles. The molecule has 1 amide bonds. The normalized spacial score (nSPS) is 11.4. The Morgan fingerprint density at radius 2 is 1.91 bits per heavy atom. The van der Waals surface area contributed by atoms with E-state index in [-0.39, 0.29) is 13.1 Å². The van der Waals surface area contributed by atoms with Crippen molar-refractivity contribution >= 4 is 5.91 Å². The minimum atomic E-state index is -4.32. The van der Waals surface area contributed by atoms with Crippen molar-refractivity contribution in [2.45, 2.75) is 19.3 Å². The zero-order valence-electron chi connectivity index (χ0n) is 12.3. The van der Waals surface area contributed by atoms with Crippen molar-refractivity contribution < 1.29 is 18.0 Å². The van der Waals surface area contributed by atoms with Crippen LogP contribution in [0.3, 0.4) is 0 Å². The Balaban J connectivity index is 1.73. The quantitative estimate of drug-likeness (QED) is 0.814. The summed E-state index contributed by atoms with van der Waals surface area (Å²) >= 11 is 0. The molecule has 0 aliphatic rings. The number of nitrogens with one attached hydrogen (secondary N) is 2. The maximum Gasteiger partial charge on any atom is 0.401 e. The lowest BCUT2D eigenvalue weighted by Gasteiger charge is -2.08. The topological polar surface area (TPSA) is 59.0 Å². The number of hydrogen-bond donors (Lipinski definition) is 2. The SMILES string of the molecule is O=C(CNCC(F)(F)F)NCc1cnn(Cc2ccccc2)c1. The summed E-state index contributed by atoms with van der Waals surface area (Å²) in [5.41, 5.74) is 1.88. The zero-order chi connectivity index (χ0) is 16.7. The predicted molar refractivity (Wildman–Crippen MR) is 78.5 cm³/mol. The second kappa shape index (κ2) is 7.77. The van der Waals surface area contributed by atoms with Crippen LogP contribution in [0.1, 0.15) is 11.1 Å². The molecule has 5 nitrogen and oxygen atoms in total. The molecule has 0 aliphatic carbocycles. The van der Waals surface area contributed by atoms with Gasteiger partial charge in [-0.05, 0) is 5.56 Å². The van der Waals surface area contributed by atoms with E-state index in [9.17, 15) is 18.0 Å². The third-order valence-electron chi connectivity index (χ3n) is 2.97. The van der Waals surface area contributed by atoms with Crippen molar-refractivity contribution in [3.63, 3.8) is 0 Å². The molecule has 0 aliphatic heterocycles. The fourth-order valence-electron chi connectivity index (χ4n) is 1.94. The zero-order valence-corrected chi connectivity index (χ0v) is 12.3. The van der Waals surface area contributed by atoms with Gasteiger partial charge in [-0.15, -0.1) is 0 Å². The van der Waals surface area contributed by atoms with Gasteiger partial charge in [0.15, 0.2) is 0 Å². The second-order valence-corrected chi connectivity index (χ2v) is 5.03. The van der Waals surface area contributed by atoms with Gasteiger partial charge in [0.25, 0.3) is 0 Å². The monoisotopic (exact) mass is 326 g/mol. The van der Waals surface area contributed by atoms with E-state index in [1.54, 1.807) is 17.1 Å². The molecular weight excluding hydrogens is 309 g/mol. The summed E-state index contributed by atoms with van der Waals surface area (Å²) in [6.45, 7) is -0.726. The highest BCUT2D eigenvalue weighted by molar-refractivity contribution is 5.77. The summed E-state index contributed by atoms with van der Waals surface area (Å²) in [6, 6.07) is 9.77. The first kappa shape index (κ1) is 17.0. The first-order valence-corrected chi connectivity index (χ1v) is 7.02. The number of benzene rings is 1. The number of nitrogens with zero attached hydrogens (tertiary/aromatic N) is 2. The van der Waals surface area contributed by atoms with Crippen LogP contribution in [0, 0.1) is 0 Å². The summed E-state index contributed by atoms with van der Waals surface area (Å²) in [4.78, 5) is 11.4. The maximum absolute atomic E-state index is 11.9. The van der Waals surface area contributed by atoms with E-state index in [0.717, 1.165) is 11.1 Å². The van der Waals surface area contributed by atoms with Gasteiger partial charge in [-0.25, -0.2) is 0 Å². The minimum Gasteiger partial charge on any atom is -0.351 e. The smallest absolute Gasteiger partial charge is 0.351 e. The Bertz CT molecular complexity index is 625. The molecule has 23 heavy (non-hydrogen) atoms. The summed E-state index contributed by atoms with van der Waals surface area (Å²) in [7, 11) is 0. The van der Waals surface area contributed by atoms with E-state index in [0.29, 0.717) is 6.54 Å². The van der Waals surface area contributed by atoms with Crippen LogP contribution in [0.2, 0.25) is 0 Å². The van der Waals surface area contributed by atoms with Gasteiger partial charge in [0.1, 0.15) is 0 Å². The Morgan fingerprint density at radius 3 is 2.61 bits per heavy atom. The number of carbonyl (C=O) groups is 1. The Labute approximate surface area is 131 Å². The number of alkyl halides is 3. The molecule has 0 saturated carbocycles. The van der Waals surface area contributed by atoms with Gasteiger partial charge in [-0.1, -0.05) is 30.3 Å². The Hall–Kier alpha value is -2.35. The fourth-order valence-corrected chi connectivity index (χ4v) is 1.94. The molecule has 0 unspecified atom stereocenters. The van der Waals surface area contributed by atoms with Gasteiger partial charge in [0, 0.05) is 18.3 Å². The van der Waals surface area contributed by atoms with Crippen molar-refractivity contribution in [2.75, 3.05) is 13.1 Å². The molecule has 0 spiro atoms. The molecule has 0 radical (unpaired) electrons. The number of carbonyl (C=O) groups excluding carboxylic acids is 1. The highest BCUT2D eigenvalue weighted by Crippen LogP contribution is 2.11. The van der Waals surface area contributed by atoms with Gasteiger partial charge in [0.2, 0.25) is 5.91 Å². The molecule has 1 aromatic carbocycles. The van der Waals surface area contributed by atoms with Crippen LogP contribution >= 0.6 is 0 Å². The van der Waals surface area contributed by atoms with Crippen LogP contribution in [0.25, 0.3) is 0 Å². The maximum atomic E-state index is 11.9. The average Bonchev–Trinajstić information content (AvgIpc) is 2.92. The molecule has 2 aromatic rings. The van der Waals surface area contributed by atoms with Crippen molar-refractivity contribution in [3.8, 4) is 0 Å². The largest absolute Gasteiger partial charge is 0.401 e. The predicted octanol–water partition coefficient (Wildman–Crippen LogP) is 1.70. The van der Waals surface area contributed by atoms with Crippen molar-refractivity contribution in [3.05, 3.63) is 53.9 Å². The number of halogens is 3. The molecule has 0 atom stereocenters. The van der Waals surface area contributed by atoms with Gasteiger partial charge >= 0.3 is 6.18 Å². The molecule has 8 heteroatoms. The first-order valence-electron chi connectivity index (χ1n) is 7.02. The third-order valence-corrected chi connectivity index (χ3v) is 2.97. The van der Waals surface area contributed by atoms with Crippen LogP contribution in [0.4, 0.5) is 13.2 Å². The number of rotatable bonds is 7. The van der Waals surface area contributed by atoms with Crippen molar-refractivity contribution in [1.82, 2.24) is 20.4 Å². The molecule has 2 rings (SSSR count). The molecule has 0 bridgehead atoms. The van der Waals surface area contributed by atoms with Crippen molar-refractivity contribution in [1.29, 1.82) is 0 Å². The highest BCUT2D eigenvalue weighted by Gasteiger charge is 2.26. The van der Waals surface area contributed by atoms with E-state index >= 15 is 0 Å². The van der Waals surface area contributed by atoms with Crippen LogP contribution < -0.4 is 10.6 Å². The van der Waals surface area contributed by atoms with Crippen LogP contribution in [-0.4, -0.2) is 35.0 Å². The molecule has 124 valence electrons. The highest BCUT2D eigenvalue weighted by atomic mass is 19.4. The summed E-state index contributed by atoms with van der Waals surface area (Å²) in [5, 5.41) is 8.77. The standard InChI is InChI=1S/C15H17F3N4O/c16-15(17,18)11-19-8-14(23)20-6-13-7-21-22(10-13)9-12-4-2-1-3-5-12/h1-5,7,10,19H,6,8-9,11H2,(H,20,23). The van der Waals surface area contributed by atoms with Gasteiger partial charge in [-0.2, -0.15) is 18.3 Å². The van der Waals surface area contributed by atoms with E-state index in [4.69, 9.17) is 0 Å². The van der Waals surface area contributed by atoms with Crippen molar-refractivity contribution in [2.24, 2.45) is 0 Å². The summed E-state index contributed by atoms with van der Waals surface area (Å²) in [6.07, 6.45) is -0.915. The van der Waals surface area contributed by atoms with Crippen LogP contribution in [0.15, 0.2) is 42.7 Å². The van der Waals surface area contributed by atoms with Crippen LogP contribution in [-0.2, 0) is 17.9 Å². The van der Waals surface area contributed by atoms with E-state index in [1.165, 1.54) is 0 Å². The Kier molecular flexibility index (Phi) is 5.75. The molecular formula is C15H17F3N4O. The minimum absolute atomic E-state index is 0.224. The van der Waals surface area contributed by atoms with Crippen LogP contribution in [0.5, 0.6) is 0 Å². The third kappa shape index (κ3) is 6.52. The van der Waals surface area contributed by atoms with E-state index in [1.807, 2.05) is 35.6 Å². The molecule has 1 aromatic heterocycles. The van der Waals surface area contributed by atoms with E-state index < -0.39 is 18.6 Å². The Morgan fingerprint density at radius 1 is 1.17 bits per heavy atom. The summed E-state index contributed by atoms with van der Waals surface area (Å²) < 4.78 is 37.5. The van der Waals surface area contributed by atoms with Gasteiger partial charge in [-0.3, -0.25) is 9.48 Å². The lowest BCUT2D eigenvalue weighted by atomic mass is 10.2.